The lowest BCUT2D eigenvalue weighted by Crippen LogP contribution is -2.04. The third-order valence-corrected chi connectivity index (χ3v) is 1.68. The summed E-state index contributed by atoms with van der Waals surface area (Å²) in [6.45, 7) is 0. The number of anilines is 1. The molecular weight excluding hydrogens is 194 g/mol. The lowest BCUT2D eigenvalue weighted by atomic mass is 10.1. The van der Waals surface area contributed by atoms with Crippen molar-refractivity contribution in [3.8, 4) is 5.75 Å². The Hall–Kier alpha value is -1.72. The maximum absolute atomic E-state index is 12.5. The molecule has 6 heteroatoms. The Balaban J connectivity index is 3.43. The van der Waals surface area contributed by atoms with Gasteiger partial charge in [0.15, 0.2) is 17.9 Å². The van der Waals surface area contributed by atoms with E-state index in [1.165, 1.54) is 7.11 Å². The molecule has 0 atom stereocenters. The number of methoxy groups -OCH3 is 1. The van der Waals surface area contributed by atoms with Gasteiger partial charge in [-0.05, 0) is 0 Å². The van der Waals surface area contributed by atoms with Crippen molar-refractivity contribution in [2.24, 2.45) is 0 Å². The molecule has 0 saturated heterocycles. The number of aldehydes is 1. The van der Waals surface area contributed by atoms with Crippen LogP contribution in [0.4, 0.5) is 14.6 Å². The van der Waals surface area contributed by atoms with Gasteiger partial charge in [0.25, 0.3) is 6.43 Å². The van der Waals surface area contributed by atoms with Gasteiger partial charge in [-0.3, -0.25) is 4.79 Å². The van der Waals surface area contributed by atoms with Gasteiger partial charge in [-0.15, -0.1) is 0 Å². The van der Waals surface area contributed by atoms with Crippen molar-refractivity contribution in [3.63, 3.8) is 0 Å². The molecule has 1 rings (SSSR count). The van der Waals surface area contributed by atoms with E-state index in [9.17, 15) is 13.6 Å². The number of hydrogen-bond acceptors (Lipinski definition) is 4. The first-order valence-electron chi connectivity index (χ1n) is 3.67. The molecule has 0 aliphatic heterocycles. The van der Waals surface area contributed by atoms with Crippen molar-refractivity contribution in [3.05, 3.63) is 17.3 Å². The van der Waals surface area contributed by atoms with Crippen molar-refractivity contribution in [1.29, 1.82) is 0 Å². The van der Waals surface area contributed by atoms with Crippen LogP contribution in [-0.2, 0) is 0 Å². The molecule has 0 amide bonds. The number of rotatable bonds is 3. The summed E-state index contributed by atoms with van der Waals surface area (Å²) in [4.78, 5) is 14.0. The Morgan fingerprint density at radius 1 is 1.64 bits per heavy atom. The number of aromatic nitrogens is 1. The van der Waals surface area contributed by atoms with E-state index in [0.29, 0.717) is 0 Å². The van der Waals surface area contributed by atoms with Crippen LogP contribution in [0.1, 0.15) is 22.3 Å². The zero-order valence-corrected chi connectivity index (χ0v) is 7.33. The molecule has 0 unspecified atom stereocenters. The summed E-state index contributed by atoms with van der Waals surface area (Å²) < 4.78 is 29.7. The topological polar surface area (TPSA) is 65.2 Å². The summed E-state index contributed by atoms with van der Waals surface area (Å²) >= 11 is 0. The standard InChI is InChI=1S/C8H8F2N2O2/c1-14-6-5(7(9)10)4(3-13)2-12-8(6)11/h2-3,7H,1H3,(H2,11,12). The minimum Gasteiger partial charge on any atom is -0.492 e. The molecule has 76 valence electrons. The smallest absolute Gasteiger partial charge is 0.268 e. The molecule has 0 fully saturated rings. The minimum atomic E-state index is -2.82. The SMILES string of the molecule is COc1c(N)ncc(C=O)c1C(F)F. The molecular formula is C8H8F2N2O2. The van der Waals surface area contributed by atoms with Gasteiger partial charge < -0.3 is 10.5 Å². The molecule has 0 aromatic carbocycles. The average molecular weight is 202 g/mol. The van der Waals surface area contributed by atoms with Crippen LogP contribution in [0.15, 0.2) is 6.20 Å². The van der Waals surface area contributed by atoms with Gasteiger partial charge in [0, 0.05) is 11.8 Å². The van der Waals surface area contributed by atoms with Gasteiger partial charge in [-0.25, -0.2) is 13.8 Å². The van der Waals surface area contributed by atoms with Crippen LogP contribution in [0.2, 0.25) is 0 Å². The lowest BCUT2D eigenvalue weighted by Gasteiger charge is -2.10. The maximum atomic E-state index is 12.5. The van der Waals surface area contributed by atoms with Gasteiger partial charge in [0.1, 0.15) is 0 Å². The molecule has 1 aromatic heterocycles. The maximum Gasteiger partial charge on any atom is 0.268 e. The molecule has 0 spiro atoms. The molecule has 0 aliphatic rings. The van der Waals surface area contributed by atoms with Gasteiger partial charge in [0.2, 0.25) is 0 Å². The van der Waals surface area contributed by atoms with Gasteiger partial charge in [-0.1, -0.05) is 0 Å². The van der Waals surface area contributed by atoms with Crippen molar-refractivity contribution < 1.29 is 18.3 Å². The van der Waals surface area contributed by atoms with E-state index in [4.69, 9.17) is 5.73 Å². The number of halogens is 2. The summed E-state index contributed by atoms with van der Waals surface area (Å²) in [7, 11) is 1.19. The number of nitrogen functional groups attached to an aromatic ring is 1. The Labute approximate surface area is 78.7 Å². The highest BCUT2D eigenvalue weighted by atomic mass is 19.3. The predicted molar refractivity (Wildman–Crippen MR) is 45.5 cm³/mol. The first kappa shape index (κ1) is 10.4. The third-order valence-electron chi connectivity index (χ3n) is 1.68. The normalized spacial score (nSPS) is 10.3. The van der Waals surface area contributed by atoms with Crippen molar-refractivity contribution in [2.75, 3.05) is 12.8 Å². The molecule has 1 heterocycles. The van der Waals surface area contributed by atoms with Crippen LogP contribution in [0.3, 0.4) is 0 Å². The van der Waals surface area contributed by atoms with E-state index in [1.807, 2.05) is 0 Å². The Morgan fingerprint density at radius 2 is 2.29 bits per heavy atom. The third kappa shape index (κ3) is 1.63. The van der Waals surface area contributed by atoms with Crippen LogP contribution in [0.5, 0.6) is 5.75 Å². The largest absolute Gasteiger partial charge is 0.492 e. The van der Waals surface area contributed by atoms with E-state index in [-0.39, 0.29) is 23.4 Å². The van der Waals surface area contributed by atoms with E-state index >= 15 is 0 Å². The first-order chi connectivity index (χ1) is 6.61. The highest BCUT2D eigenvalue weighted by Gasteiger charge is 2.21. The average Bonchev–Trinajstić information content (AvgIpc) is 2.17. The minimum absolute atomic E-state index is 0.159. The molecule has 0 saturated carbocycles. The van der Waals surface area contributed by atoms with Crippen LogP contribution in [-0.4, -0.2) is 18.4 Å². The zero-order chi connectivity index (χ0) is 10.7. The van der Waals surface area contributed by atoms with E-state index in [2.05, 4.69) is 9.72 Å². The Morgan fingerprint density at radius 3 is 2.71 bits per heavy atom. The van der Waals surface area contributed by atoms with Crippen molar-refractivity contribution in [2.45, 2.75) is 6.43 Å². The molecule has 2 N–H and O–H groups in total. The van der Waals surface area contributed by atoms with Gasteiger partial charge in [0.05, 0.1) is 12.7 Å². The van der Waals surface area contributed by atoms with Crippen molar-refractivity contribution in [1.82, 2.24) is 4.98 Å². The summed E-state index contributed by atoms with van der Waals surface area (Å²) in [6, 6.07) is 0. The quantitative estimate of drug-likeness (QED) is 0.753. The lowest BCUT2D eigenvalue weighted by molar-refractivity contribution is 0.110. The number of ether oxygens (including phenoxy) is 1. The summed E-state index contributed by atoms with van der Waals surface area (Å²) in [5.41, 5.74) is 4.57. The fourth-order valence-electron chi connectivity index (χ4n) is 1.07. The molecule has 0 radical (unpaired) electrons. The van der Waals surface area contributed by atoms with Crippen molar-refractivity contribution >= 4 is 12.1 Å². The van der Waals surface area contributed by atoms with E-state index in [0.717, 1.165) is 6.20 Å². The Bertz CT molecular complexity index is 355. The molecule has 0 aliphatic carbocycles. The number of nitrogens with two attached hydrogens (primary N) is 1. The Kier molecular flexibility index (Phi) is 2.95. The highest BCUT2D eigenvalue weighted by Crippen LogP contribution is 2.34. The summed E-state index contributed by atoms with van der Waals surface area (Å²) in [5.74, 6) is -0.405. The number of pyridine rings is 1. The second kappa shape index (κ2) is 3.99. The molecule has 14 heavy (non-hydrogen) atoms. The number of carbonyl (C=O) groups excluding carboxylic acids is 1. The fraction of sp³-hybridized carbons (Fsp3) is 0.250. The number of hydrogen-bond donors (Lipinski definition) is 1. The second-order valence-electron chi connectivity index (χ2n) is 2.46. The number of alkyl halides is 2. The summed E-state index contributed by atoms with van der Waals surface area (Å²) in [5, 5.41) is 0. The van der Waals surface area contributed by atoms with Gasteiger partial charge in [-0.2, -0.15) is 0 Å². The van der Waals surface area contributed by atoms with Crippen LogP contribution < -0.4 is 10.5 Å². The monoisotopic (exact) mass is 202 g/mol. The molecule has 1 aromatic rings. The number of nitrogens with zero attached hydrogens (tertiary/aromatic N) is 1. The van der Waals surface area contributed by atoms with Gasteiger partial charge >= 0.3 is 0 Å². The van der Waals surface area contributed by atoms with E-state index in [1.54, 1.807) is 0 Å². The van der Waals surface area contributed by atoms with Crippen LogP contribution in [0, 0.1) is 0 Å². The second-order valence-corrected chi connectivity index (χ2v) is 2.46. The predicted octanol–water partition coefficient (Wildman–Crippen LogP) is 1.42. The molecule has 4 nitrogen and oxygen atoms in total. The highest BCUT2D eigenvalue weighted by molar-refractivity contribution is 5.79. The molecule has 0 bridgehead atoms. The summed E-state index contributed by atoms with van der Waals surface area (Å²) in [6.07, 6.45) is -1.54. The first-order valence-corrected chi connectivity index (χ1v) is 3.67. The van der Waals surface area contributed by atoms with Crippen LogP contribution >= 0.6 is 0 Å². The van der Waals surface area contributed by atoms with E-state index < -0.39 is 12.0 Å². The number of carbonyl (C=O) groups is 1. The zero-order valence-electron chi connectivity index (χ0n) is 7.33. The fourth-order valence-corrected chi connectivity index (χ4v) is 1.07. The van der Waals surface area contributed by atoms with Crippen LogP contribution in [0.25, 0.3) is 0 Å².